The largest absolute Gasteiger partial charge is 0.505 e. The second kappa shape index (κ2) is 7.56. The zero-order valence-electron chi connectivity index (χ0n) is 15.8. The van der Waals surface area contributed by atoms with Crippen molar-refractivity contribution in [3.8, 4) is 5.75 Å². The van der Waals surface area contributed by atoms with Crippen LogP contribution in [0.1, 0.15) is 31.7 Å². The Morgan fingerprint density at radius 1 is 1.00 bits per heavy atom. The fourth-order valence-electron chi connectivity index (χ4n) is 2.88. The first-order valence-corrected chi connectivity index (χ1v) is 8.76. The average molecular weight is 383 g/mol. The molecule has 0 saturated carbocycles. The van der Waals surface area contributed by atoms with Crippen LogP contribution in [-0.4, -0.2) is 30.0 Å². The summed E-state index contributed by atoms with van der Waals surface area (Å²) in [4.78, 5) is 37.6. The molecule has 0 aromatic heterocycles. The van der Waals surface area contributed by atoms with Gasteiger partial charge in [0.05, 0.1) is 11.3 Å². The molecular weight excluding hydrogens is 358 g/mol. The Kier molecular flexibility index (Phi) is 5.17. The number of phenols is 1. The number of nitrogens with zero attached hydrogens (tertiary/aromatic N) is 1. The molecule has 0 aliphatic rings. The molecule has 0 fully saturated rings. The highest BCUT2D eigenvalue weighted by Crippen LogP contribution is 2.32. The first-order chi connectivity index (χ1) is 13.3. The lowest BCUT2D eigenvalue weighted by atomic mass is 10.1. The number of hydrogen-bond donors (Lipinski definition) is 3. The van der Waals surface area contributed by atoms with Gasteiger partial charge in [0.1, 0.15) is 11.4 Å². The molecule has 0 bridgehead atoms. The zero-order chi connectivity index (χ0) is 20.4. The molecule has 0 radical (unpaired) electrons. The highest BCUT2D eigenvalue weighted by Gasteiger charge is 2.24. The van der Waals surface area contributed by atoms with Gasteiger partial charge in [0.15, 0.2) is 5.75 Å². The summed E-state index contributed by atoms with van der Waals surface area (Å²) in [6.07, 6.45) is 0. The summed E-state index contributed by atoms with van der Waals surface area (Å²) in [5, 5.41) is 16.3. The molecule has 0 saturated heterocycles. The van der Waals surface area contributed by atoms with E-state index in [1.54, 1.807) is 20.2 Å². The number of benzene rings is 2. The van der Waals surface area contributed by atoms with E-state index in [0.717, 1.165) is 5.56 Å². The molecule has 0 heterocycles. The van der Waals surface area contributed by atoms with Crippen molar-refractivity contribution in [2.45, 2.75) is 13.0 Å². The molecule has 0 aliphatic heterocycles. The monoisotopic (exact) mass is 383 g/mol. The minimum atomic E-state index is -0.675. The molecule has 1 atom stereocenters. The predicted molar refractivity (Wildman–Crippen MR) is 113 cm³/mol. The summed E-state index contributed by atoms with van der Waals surface area (Å²) in [5.41, 5.74) is 0.165. The Labute approximate surface area is 164 Å². The van der Waals surface area contributed by atoms with Gasteiger partial charge in [0, 0.05) is 23.0 Å². The van der Waals surface area contributed by atoms with Gasteiger partial charge in [0.25, 0.3) is 16.8 Å². The van der Waals surface area contributed by atoms with Crippen molar-refractivity contribution in [2.75, 3.05) is 24.7 Å². The van der Waals surface area contributed by atoms with Gasteiger partial charge in [-0.1, -0.05) is 36.4 Å². The van der Waals surface area contributed by atoms with Gasteiger partial charge in [0.2, 0.25) is 0 Å². The number of hydrogen-bond acceptors (Lipinski definition) is 6. The maximum Gasteiger partial charge on any atom is 0.257 e. The Morgan fingerprint density at radius 2 is 1.64 bits per heavy atom. The lowest BCUT2D eigenvalue weighted by molar-refractivity contribution is 0.0824. The molecule has 0 spiro atoms. The van der Waals surface area contributed by atoms with Gasteiger partial charge in [-0.05, 0) is 24.6 Å². The molecular formula is C21H25N3O4. The van der Waals surface area contributed by atoms with E-state index in [2.05, 4.69) is 10.6 Å². The first kappa shape index (κ1) is 19.2. The number of rotatable bonds is 6. The van der Waals surface area contributed by atoms with E-state index in [4.69, 9.17) is 0 Å². The van der Waals surface area contributed by atoms with Crippen LogP contribution in [0.4, 0.5) is 17.1 Å². The molecule has 28 heavy (non-hydrogen) atoms. The third-order valence-corrected chi connectivity index (χ3v) is 4.50. The summed E-state index contributed by atoms with van der Waals surface area (Å²) in [7, 11) is 3.15. The van der Waals surface area contributed by atoms with Crippen LogP contribution in [0.15, 0.2) is 58.1 Å². The van der Waals surface area contributed by atoms with Crippen LogP contribution in [-0.2, 0) is 0 Å². The molecule has 0 unspecified atom stereocenters. The number of anilines is 3. The zero-order valence-corrected chi connectivity index (χ0v) is 15.8. The normalized spacial score (nSPS) is 11.8. The van der Waals surface area contributed by atoms with Crippen molar-refractivity contribution in [1.82, 2.24) is 4.90 Å². The van der Waals surface area contributed by atoms with Crippen LogP contribution in [0, 0.1) is 0 Å². The lowest BCUT2D eigenvalue weighted by Crippen LogP contribution is -2.37. The second-order valence-electron chi connectivity index (χ2n) is 6.71. The average Bonchev–Trinajstić information content (AvgIpc) is 2.71. The molecule has 3 aromatic rings. The SMILES string of the molecule is C[C@H](Nc1c(Nc2cccc(C(=O)N(C)C)c2O)c(=O)c1=O)c1ccccc1.[HH].[HH]. The van der Waals surface area contributed by atoms with E-state index < -0.39 is 10.9 Å². The van der Waals surface area contributed by atoms with Crippen LogP contribution in [0.3, 0.4) is 0 Å². The molecule has 3 aromatic carbocycles. The minimum Gasteiger partial charge on any atom is -0.505 e. The third-order valence-electron chi connectivity index (χ3n) is 4.50. The van der Waals surface area contributed by atoms with Gasteiger partial charge >= 0.3 is 0 Å². The number of phenolic OH excluding ortho intramolecular Hbond substituents is 1. The quantitative estimate of drug-likeness (QED) is 0.447. The van der Waals surface area contributed by atoms with Crippen LogP contribution in [0.2, 0.25) is 0 Å². The van der Waals surface area contributed by atoms with Crippen LogP contribution in [0.5, 0.6) is 5.75 Å². The molecule has 148 valence electrons. The van der Waals surface area contributed by atoms with E-state index in [1.165, 1.54) is 17.0 Å². The summed E-state index contributed by atoms with van der Waals surface area (Å²) >= 11 is 0. The Bertz CT molecular complexity index is 1090. The number of carbonyl (C=O) groups excluding carboxylic acids is 1. The fourth-order valence-corrected chi connectivity index (χ4v) is 2.88. The maximum atomic E-state index is 12.2. The van der Waals surface area contributed by atoms with Gasteiger partial charge in [-0.15, -0.1) is 0 Å². The van der Waals surface area contributed by atoms with Gasteiger partial charge in [-0.3, -0.25) is 14.4 Å². The smallest absolute Gasteiger partial charge is 0.257 e. The number of amides is 1. The molecule has 1 amide bonds. The van der Waals surface area contributed by atoms with E-state index >= 15 is 0 Å². The van der Waals surface area contributed by atoms with Crippen molar-refractivity contribution < 1.29 is 12.8 Å². The second-order valence-corrected chi connectivity index (χ2v) is 6.71. The highest BCUT2D eigenvalue weighted by atomic mass is 16.3. The van der Waals surface area contributed by atoms with Crippen LogP contribution in [0.25, 0.3) is 0 Å². The van der Waals surface area contributed by atoms with Crippen molar-refractivity contribution >= 4 is 23.0 Å². The van der Waals surface area contributed by atoms with Gasteiger partial charge < -0.3 is 20.6 Å². The van der Waals surface area contributed by atoms with E-state index in [-0.39, 0.29) is 43.2 Å². The number of carbonyl (C=O) groups is 1. The minimum absolute atomic E-state index is 0. The highest BCUT2D eigenvalue weighted by molar-refractivity contribution is 5.99. The number of para-hydroxylation sites is 1. The Hall–Kier alpha value is -3.61. The van der Waals surface area contributed by atoms with Crippen molar-refractivity contribution in [3.05, 3.63) is 80.1 Å². The molecule has 7 heteroatoms. The summed E-state index contributed by atoms with van der Waals surface area (Å²) in [6.45, 7) is 1.88. The molecule has 3 rings (SSSR count). The van der Waals surface area contributed by atoms with Gasteiger partial charge in [-0.2, -0.15) is 0 Å². The summed E-state index contributed by atoms with van der Waals surface area (Å²) in [5.74, 6) is -0.654. The number of nitrogens with one attached hydrogen (secondary N) is 2. The van der Waals surface area contributed by atoms with Crippen molar-refractivity contribution in [2.24, 2.45) is 0 Å². The number of aromatic hydroxyl groups is 1. The molecule has 7 nitrogen and oxygen atoms in total. The third kappa shape index (κ3) is 3.46. The van der Waals surface area contributed by atoms with Crippen LogP contribution < -0.4 is 21.5 Å². The topological polar surface area (TPSA) is 98.7 Å². The lowest BCUT2D eigenvalue weighted by Gasteiger charge is -2.20. The summed E-state index contributed by atoms with van der Waals surface area (Å²) in [6, 6.07) is 13.9. The van der Waals surface area contributed by atoms with Crippen LogP contribution >= 0.6 is 0 Å². The maximum absolute atomic E-state index is 12.2. The van der Waals surface area contributed by atoms with Crippen molar-refractivity contribution in [1.29, 1.82) is 0 Å². The Morgan fingerprint density at radius 3 is 2.29 bits per heavy atom. The first-order valence-electron chi connectivity index (χ1n) is 8.76. The van der Waals surface area contributed by atoms with Crippen molar-refractivity contribution in [3.63, 3.8) is 0 Å². The van der Waals surface area contributed by atoms with Gasteiger partial charge in [-0.25, -0.2) is 0 Å². The molecule has 3 N–H and O–H groups in total. The fraction of sp³-hybridized carbons (Fsp3) is 0.190. The predicted octanol–water partition coefficient (Wildman–Crippen LogP) is 3.10. The molecule has 0 aliphatic carbocycles. The summed E-state index contributed by atoms with van der Waals surface area (Å²) < 4.78 is 0. The standard InChI is InChI=1S/C21H21N3O4.2H2/c1-12(13-8-5-4-6-9-13)22-16-17(20(27)19(16)26)23-15-11-7-10-14(18(15)25)21(28)24(2)3;;/h4-12,22-23,25H,1-3H3;2*1H/t12-;;/m0../s1. The Balaban J connectivity index is 0.00000225. The van der Waals surface area contributed by atoms with E-state index in [1.807, 2.05) is 37.3 Å². The van der Waals surface area contributed by atoms with E-state index in [9.17, 15) is 19.5 Å². The van der Waals surface area contributed by atoms with E-state index in [0.29, 0.717) is 0 Å².